The summed E-state index contributed by atoms with van der Waals surface area (Å²) in [7, 11) is 1.75. The Morgan fingerprint density at radius 2 is 1.86 bits per heavy atom. The molecular formula is C17H21NO3. The summed E-state index contributed by atoms with van der Waals surface area (Å²) in [6.07, 6.45) is -0.534. The second kappa shape index (κ2) is 6.48. The van der Waals surface area contributed by atoms with Crippen LogP contribution in [0.15, 0.2) is 40.8 Å². The van der Waals surface area contributed by atoms with Crippen molar-refractivity contribution in [2.75, 3.05) is 7.05 Å². The standard InChI is InChI=1S/C17H21NO3/c1-12-5-8-15(9-6-12)21-14(3)17(19)18(4)11-16-10-7-13(2)20-16/h5-10,14H,11H2,1-4H3. The second-order valence-electron chi connectivity index (χ2n) is 5.28. The molecule has 1 atom stereocenters. The minimum absolute atomic E-state index is 0.0790. The molecule has 0 aliphatic carbocycles. The minimum atomic E-state index is -0.534. The lowest BCUT2D eigenvalue weighted by Crippen LogP contribution is -2.37. The van der Waals surface area contributed by atoms with Gasteiger partial charge in [-0.2, -0.15) is 0 Å². The molecule has 0 spiro atoms. The quantitative estimate of drug-likeness (QED) is 0.847. The topological polar surface area (TPSA) is 42.7 Å². The summed E-state index contributed by atoms with van der Waals surface area (Å²) in [6, 6.07) is 11.4. The lowest BCUT2D eigenvalue weighted by molar-refractivity contribution is -0.137. The number of carbonyl (C=O) groups is 1. The van der Waals surface area contributed by atoms with Crippen molar-refractivity contribution >= 4 is 5.91 Å². The molecule has 1 unspecified atom stereocenters. The highest BCUT2D eigenvalue weighted by atomic mass is 16.5. The van der Waals surface area contributed by atoms with Crippen LogP contribution in [-0.2, 0) is 11.3 Å². The van der Waals surface area contributed by atoms with Crippen molar-refractivity contribution in [2.24, 2.45) is 0 Å². The van der Waals surface area contributed by atoms with Gasteiger partial charge in [0.1, 0.15) is 17.3 Å². The first-order valence-electron chi connectivity index (χ1n) is 6.99. The van der Waals surface area contributed by atoms with Gasteiger partial charge in [0.25, 0.3) is 5.91 Å². The maximum absolute atomic E-state index is 12.3. The Balaban J connectivity index is 1.93. The summed E-state index contributed by atoms with van der Waals surface area (Å²) in [5, 5.41) is 0. The van der Waals surface area contributed by atoms with Gasteiger partial charge in [-0.3, -0.25) is 4.79 Å². The first-order valence-corrected chi connectivity index (χ1v) is 6.99. The zero-order valence-electron chi connectivity index (χ0n) is 12.9. The van der Waals surface area contributed by atoms with E-state index in [4.69, 9.17) is 9.15 Å². The van der Waals surface area contributed by atoms with Crippen molar-refractivity contribution in [3.63, 3.8) is 0 Å². The number of rotatable bonds is 5. The molecule has 0 saturated carbocycles. The molecule has 1 heterocycles. The number of likely N-dealkylation sites (N-methyl/N-ethyl adjacent to an activating group) is 1. The van der Waals surface area contributed by atoms with Gasteiger partial charge in [-0.05, 0) is 45.0 Å². The van der Waals surface area contributed by atoms with Crippen LogP contribution in [0.1, 0.15) is 24.0 Å². The fourth-order valence-corrected chi connectivity index (χ4v) is 2.06. The fraction of sp³-hybridized carbons (Fsp3) is 0.353. The molecule has 0 N–H and O–H groups in total. The number of hydrogen-bond acceptors (Lipinski definition) is 3. The fourth-order valence-electron chi connectivity index (χ4n) is 2.06. The van der Waals surface area contributed by atoms with Gasteiger partial charge in [0, 0.05) is 7.05 Å². The maximum atomic E-state index is 12.3. The number of furan rings is 1. The molecule has 1 aromatic heterocycles. The third-order valence-corrected chi connectivity index (χ3v) is 3.25. The summed E-state index contributed by atoms with van der Waals surface area (Å²) in [5.41, 5.74) is 1.16. The Hall–Kier alpha value is -2.23. The second-order valence-corrected chi connectivity index (χ2v) is 5.28. The Bertz CT molecular complexity index is 601. The molecule has 4 heteroatoms. The van der Waals surface area contributed by atoms with E-state index < -0.39 is 6.10 Å². The lowest BCUT2D eigenvalue weighted by Gasteiger charge is -2.21. The third kappa shape index (κ3) is 4.12. The van der Waals surface area contributed by atoms with Crippen LogP contribution >= 0.6 is 0 Å². The SMILES string of the molecule is Cc1ccc(OC(C)C(=O)N(C)Cc2ccc(C)o2)cc1. The summed E-state index contributed by atoms with van der Waals surface area (Å²) >= 11 is 0. The van der Waals surface area contributed by atoms with Crippen LogP contribution in [0, 0.1) is 13.8 Å². The zero-order valence-corrected chi connectivity index (χ0v) is 12.9. The first kappa shape index (κ1) is 15.2. The summed E-state index contributed by atoms with van der Waals surface area (Å²) in [4.78, 5) is 13.9. The molecule has 1 aromatic carbocycles. The van der Waals surface area contributed by atoms with Crippen molar-refractivity contribution in [1.82, 2.24) is 4.90 Å². The van der Waals surface area contributed by atoms with Gasteiger partial charge in [0.2, 0.25) is 0 Å². The molecule has 4 nitrogen and oxygen atoms in total. The van der Waals surface area contributed by atoms with Crippen LogP contribution in [0.3, 0.4) is 0 Å². The molecule has 0 saturated heterocycles. The Morgan fingerprint density at radius 3 is 2.43 bits per heavy atom. The van der Waals surface area contributed by atoms with Gasteiger partial charge in [0.15, 0.2) is 6.10 Å². The molecular weight excluding hydrogens is 266 g/mol. The highest BCUT2D eigenvalue weighted by Crippen LogP contribution is 2.15. The normalized spacial score (nSPS) is 12.0. The van der Waals surface area contributed by atoms with E-state index >= 15 is 0 Å². The van der Waals surface area contributed by atoms with Crippen LogP contribution in [0.4, 0.5) is 0 Å². The van der Waals surface area contributed by atoms with E-state index in [2.05, 4.69) is 0 Å². The van der Waals surface area contributed by atoms with Crippen molar-refractivity contribution in [1.29, 1.82) is 0 Å². The average Bonchev–Trinajstić information content (AvgIpc) is 2.85. The Labute approximate surface area is 125 Å². The van der Waals surface area contributed by atoms with Crippen molar-refractivity contribution in [3.05, 3.63) is 53.5 Å². The predicted molar refractivity (Wildman–Crippen MR) is 81.2 cm³/mol. The third-order valence-electron chi connectivity index (χ3n) is 3.25. The molecule has 0 aliphatic rings. The average molecular weight is 287 g/mol. The Morgan fingerprint density at radius 1 is 1.19 bits per heavy atom. The van der Waals surface area contributed by atoms with E-state index in [9.17, 15) is 4.79 Å². The monoisotopic (exact) mass is 287 g/mol. The van der Waals surface area contributed by atoms with E-state index in [1.54, 1.807) is 18.9 Å². The molecule has 2 aromatic rings. The van der Waals surface area contributed by atoms with E-state index in [-0.39, 0.29) is 5.91 Å². The van der Waals surface area contributed by atoms with Gasteiger partial charge in [-0.1, -0.05) is 17.7 Å². The molecule has 0 fully saturated rings. The molecule has 21 heavy (non-hydrogen) atoms. The van der Waals surface area contributed by atoms with Crippen molar-refractivity contribution in [2.45, 2.75) is 33.4 Å². The van der Waals surface area contributed by atoms with E-state index in [0.717, 1.165) is 17.1 Å². The molecule has 0 bridgehead atoms. The number of aryl methyl sites for hydroxylation is 2. The van der Waals surface area contributed by atoms with Crippen LogP contribution < -0.4 is 4.74 Å². The number of hydrogen-bond donors (Lipinski definition) is 0. The van der Waals surface area contributed by atoms with Gasteiger partial charge in [0.05, 0.1) is 6.54 Å². The number of benzene rings is 1. The lowest BCUT2D eigenvalue weighted by atomic mass is 10.2. The number of carbonyl (C=O) groups excluding carboxylic acids is 1. The van der Waals surface area contributed by atoms with Gasteiger partial charge < -0.3 is 14.1 Å². The van der Waals surface area contributed by atoms with Gasteiger partial charge in [-0.15, -0.1) is 0 Å². The van der Waals surface area contributed by atoms with Crippen LogP contribution in [0.25, 0.3) is 0 Å². The first-order chi connectivity index (χ1) is 9.95. The Kier molecular flexibility index (Phi) is 4.68. The van der Waals surface area contributed by atoms with Gasteiger partial charge >= 0.3 is 0 Å². The van der Waals surface area contributed by atoms with Crippen LogP contribution in [0.5, 0.6) is 5.75 Å². The summed E-state index contributed by atoms with van der Waals surface area (Å²) in [5.74, 6) is 2.23. The van der Waals surface area contributed by atoms with Crippen LogP contribution in [-0.4, -0.2) is 24.0 Å². The number of ether oxygens (including phenoxy) is 1. The van der Waals surface area contributed by atoms with Crippen molar-refractivity contribution < 1.29 is 13.9 Å². The highest BCUT2D eigenvalue weighted by molar-refractivity contribution is 5.80. The number of amides is 1. The molecule has 1 amide bonds. The summed E-state index contributed by atoms with van der Waals surface area (Å²) in [6.45, 7) is 6.09. The number of nitrogens with zero attached hydrogens (tertiary/aromatic N) is 1. The summed E-state index contributed by atoms with van der Waals surface area (Å²) < 4.78 is 11.2. The van der Waals surface area contributed by atoms with E-state index in [0.29, 0.717) is 12.3 Å². The van der Waals surface area contributed by atoms with E-state index in [1.807, 2.05) is 50.2 Å². The van der Waals surface area contributed by atoms with Crippen LogP contribution in [0.2, 0.25) is 0 Å². The predicted octanol–water partition coefficient (Wildman–Crippen LogP) is 3.32. The molecule has 0 aliphatic heterocycles. The van der Waals surface area contributed by atoms with Gasteiger partial charge in [-0.25, -0.2) is 0 Å². The molecule has 0 radical (unpaired) electrons. The maximum Gasteiger partial charge on any atom is 0.263 e. The van der Waals surface area contributed by atoms with Crippen molar-refractivity contribution in [3.8, 4) is 5.75 Å². The minimum Gasteiger partial charge on any atom is -0.481 e. The van der Waals surface area contributed by atoms with E-state index in [1.165, 1.54) is 0 Å². The molecule has 2 rings (SSSR count). The highest BCUT2D eigenvalue weighted by Gasteiger charge is 2.20. The zero-order chi connectivity index (χ0) is 15.4. The molecule has 112 valence electrons. The largest absolute Gasteiger partial charge is 0.481 e. The smallest absolute Gasteiger partial charge is 0.263 e.